The summed E-state index contributed by atoms with van der Waals surface area (Å²) in [6.45, 7) is 5.08. The molecule has 1 N–H and O–H groups in total. The van der Waals surface area contributed by atoms with Gasteiger partial charge in [-0.3, -0.25) is 4.98 Å². The van der Waals surface area contributed by atoms with E-state index in [9.17, 15) is 0 Å². The second-order valence-corrected chi connectivity index (χ2v) is 5.21. The van der Waals surface area contributed by atoms with Crippen molar-refractivity contribution in [3.05, 3.63) is 24.0 Å². The van der Waals surface area contributed by atoms with Crippen LogP contribution in [0.25, 0.3) is 0 Å². The molecule has 1 atom stereocenters. The number of nitrogens with one attached hydrogen (secondary N) is 1. The quantitative estimate of drug-likeness (QED) is 0.883. The Kier molecular flexibility index (Phi) is 4.19. The standard InChI is InChI=1S/C14H23N3O/c1-14(18-3)6-4-8-17(11-14)13-10-16-7-5-12(13)9-15-2/h5,7,10,15H,4,6,8-9,11H2,1-3H3. The number of ether oxygens (including phenoxy) is 1. The summed E-state index contributed by atoms with van der Waals surface area (Å²) in [5.74, 6) is 0. The fourth-order valence-corrected chi connectivity index (χ4v) is 2.62. The van der Waals surface area contributed by atoms with Gasteiger partial charge < -0.3 is 15.0 Å². The molecule has 1 fully saturated rings. The Morgan fingerprint density at radius 2 is 2.39 bits per heavy atom. The third-order valence-corrected chi connectivity index (χ3v) is 3.75. The number of nitrogens with zero attached hydrogens (tertiary/aromatic N) is 2. The van der Waals surface area contributed by atoms with E-state index in [0.29, 0.717) is 0 Å². The molecule has 0 aromatic carbocycles. The van der Waals surface area contributed by atoms with E-state index in [-0.39, 0.29) is 5.60 Å². The molecule has 1 saturated heterocycles. The molecule has 100 valence electrons. The Balaban J connectivity index is 2.20. The molecule has 0 amide bonds. The second-order valence-electron chi connectivity index (χ2n) is 5.21. The van der Waals surface area contributed by atoms with Gasteiger partial charge in [-0.05, 0) is 38.4 Å². The summed E-state index contributed by atoms with van der Waals surface area (Å²) in [6.07, 6.45) is 6.11. The number of anilines is 1. The van der Waals surface area contributed by atoms with Gasteiger partial charge in [0.1, 0.15) is 0 Å². The van der Waals surface area contributed by atoms with E-state index in [0.717, 1.165) is 32.5 Å². The molecule has 4 heteroatoms. The van der Waals surface area contributed by atoms with Gasteiger partial charge in [0.2, 0.25) is 0 Å². The minimum Gasteiger partial charge on any atom is -0.377 e. The molecule has 2 heterocycles. The zero-order chi connectivity index (χ0) is 13.0. The Hall–Kier alpha value is -1.13. The lowest BCUT2D eigenvalue weighted by atomic mass is 9.94. The summed E-state index contributed by atoms with van der Waals surface area (Å²) in [4.78, 5) is 6.66. The molecule has 0 saturated carbocycles. The Morgan fingerprint density at radius 1 is 1.56 bits per heavy atom. The smallest absolute Gasteiger partial charge is 0.0825 e. The van der Waals surface area contributed by atoms with Crippen molar-refractivity contribution in [3.63, 3.8) is 0 Å². The van der Waals surface area contributed by atoms with Crippen molar-refractivity contribution in [1.82, 2.24) is 10.3 Å². The van der Waals surface area contributed by atoms with Crippen molar-refractivity contribution in [2.75, 3.05) is 32.1 Å². The van der Waals surface area contributed by atoms with Crippen molar-refractivity contribution >= 4 is 5.69 Å². The summed E-state index contributed by atoms with van der Waals surface area (Å²) in [5.41, 5.74) is 2.49. The van der Waals surface area contributed by atoms with Crippen LogP contribution in [-0.2, 0) is 11.3 Å². The van der Waals surface area contributed by atoms with Gasteiger partial charge >= 0.3 is 0 Å². The Morgan fingerprint density at radius 3 is 3.11 bits per heavy atom. The highest BCUT2D eigenvalue weighted by molar-refractivity contribution is 5.52. The van der Waals surface area contributed by atoms with Crippen LogP contribution >= 0.6 is 0 Å². The van der Waals surface area contributed by atoms with Crippen LogP contribution in [0.4, 0.5) is 5.69 Å². The first kappa shape index (κ1) is 13.3. The maximum atomic E-state index is 5.65. The van der Waals surface area contributed by atoms with Gasteiger partial charge in [0, 0.05) is 32.9 Å². The van der Waals surface area contributed by atoms with Gasteiger partial charge in [-0.1, -0.05) is 0 Å². The van der Waals surface area contributed by atoms with Crippen LogP contribution in [0, 0.1) is 0 Å². The van der Waals surface area contributed by atoms with Gasteiger partial charge in [-0.15, -0.1) is 0 Å². The number of pyridine rings is 1. The molecule has 1 aliphatic rings. The first-order chi connectivity index (χ1) is 8.68. The van der Waals surface area contributed by atoms with Crippen molar-refractivity contribution in [3.8, 4) is 0 Å². The molecule has 1 aliphatic heterocycles. The lowest BCUT2D eigenvalue weighted by Gasteiger charge is -2.41. The molecule has 4 nitrogen and oxygen atoms in total. The van der Waals surface area contributed by atoms with E-state index in [1.165, 1.54) is 11.3 Å². The lowest BCUT2D eigenvalue weighted by Crippen LogP contribution is -2.47. The van der Waals surface area contributed by atoms with Gasteiger partial charge in [0.05, 0.1) is 17.5 Å². The number of hydrogen-bond acceptors (Lipinski definition) is 4. The summed E-state index contributed by atoms with van der Waals surface area (Å²) in [5, 5.41) is 3.21. The van der Waals surface area contributed by atoms with Crippen LogP contribution in [0.3, 0.4) is 0 Å². The number of rotatable bonds is 4. The molecule has 1 aromatic rings. The highest BCUT2D eigenvalue weighted by atomic mass is 16.5. The van der Waals surface area contributed by atoms with E-state index in [1.54, 1.807) is 7.11 Å². The molecule has 0 spiro atoms. The SMILES string of the molecule is CNCc1ccncc1N1CCCC(C)(OC)C1. The normalized spacial score (nSPS) is 24.3. The first-order valence-electron chi connectivity index (χ1n) is 6.56. The van der Waals surface area contributed by atoms with Crippen LogP contribution < -0.4 is 10.2 Å². The fourth-order valence-electron chi connectivity index (χ4n) is 2.62. The predicted molar refractivity (Wildman–Crippen MR) is 73.9 cm³/mol. The maximum absolute atomic E-state index is 5.65. The number of hydrogen-bond donors (Lipinski definition) is 1. The maximum Gasteiger partial charge on any atom is 0.0825 e. The molecule has 0 radical (unpaired) electrons. The summed E-state index contributed by atoms with van der Waals surface area (Å²) in [6, 6.07) is 2.09. The highest BCUT2D eigenvalue weighted by Gasteiger charge is 2.31. The average Bonchev–Trinajstić information content (AvgIpc) is 2.40. The number of methoxy groups -OCH3 is 1. The topological polar surface area (TPSA) is 37.4 Å². The molecular weight excluding hydrogens is 226 g/mol. The van der Waals surface area contributed by atoms with E-state index in [2.05, 4.69) is 28.2 Å². The largest absolute Gasteiger partial charge is 0.377 e. The van der Waals surface area contributed by atoms with Crippen molar-refractivity contribution in [2.24, 2.45) is 0 Å². The second kappa shape index (κ2) is 5.67. The molecule has 0 bridgehead atoms. The van der Waals surface area contributed by atoms with Crippen LogP contribution in [-0.4, -0.2) is 37.8 Å². The average molecular weight is 249 g/mol. The predicted octanol–water partition coefficient (Wildman–Crippen LogP) is 1.81. The molecule has 1 aromatic heterocycles. The molecule has 0 aliphatic carbocycles. The Labute approximate surface area is 109 Å². The van der Waals surface area contributed by atoms with Gasteiger partial charge in [0.25, 0.3) is 0 Å². The van der Waals surface area contributed by atoms with E-state index in [1.807, 2.05) is 19.4 Å². The molecule has 2 rings (SSSR count). The van der Waals surface area contributed by atoms with Gasteiger partial charge in [-0.25, -0.2) is 0 Å². The number of piperidine rings is 1. The minimum atomic E-state index is -0.0367. The number of aromatic nitrogens is 1. The van der Waals surface area contributed by atoms with Crippen molar-refractivity contribution in [2.45, 2.75) is 31.9 Å². The molecule has 1 unspecified atom stereocenters. The molecular formula is C14H23N3O. The van der Waals surface area contributed by atoms with E-state index in [4.69, 9.17) is 4.74 Å². The monoisotopic (exact) mass is 249 g/mol. The first-order valence-corrected chi connectivity index (χ1v) is 6.56. The van der Waals surface area contributed by atoms with Gasteiger partial charge in [0.15, 0.2) is 0 Å². The Bertz CT molecular complexity index is 396. The lowest BCUT2D eigenvalue weighted by molar-refractivity contribution is -0.00469. The van der Waals surface area contributed by atoms with E-state index >= 15 is 0 Å². The van der Waals surface area contributed by atoms with Crippen LogP contribution in [0.2, 0.25) is 0 Å². The van der Waals surface area contributed by atoms with Crippen LogP contribution in [0.1, 0.15) is 25.3 Å². The summed E-state index contributed by atoms with van der Waals surface area (Å²) >= 11 is 0. The highest BCUT2D eigenvalue weighted by Crippen LogP contribution is 2.29. The third kappa shape index (κ3) is 2.82. The van der Waals surface area contributed by atoms with Crippen molar-refractivity contribution in [1.29, 1.82) is 0 Å². The minimum absolute atomic E-state index is 0.0367. The molecule has 18 heavy (non-hydrogen) atoms. The zero-order valence-electron chi connectivity index (χ0n) is 11.6. The van der Waals surface area contributed by atoms with Gasteiger partial charge in [-0.2, -0.15) is 0 Å². The summed E-state index contributed by atoms with van der Waals surface area (Å²) < 4.78 is 5.65. The third-order valence-electron chi connectivity index (χ3n) is 3.75. The van der Waals surface area contributed by atoms with Crippen molar-refractivity contribution < 1.29 is 4.74 Å². The van der Waals surface area contributed by atoms with Crippen LogP contribution in [0.5, 0.6) is 0 Å². The zero-order valence-corrected chi connectivity index (χ0v) is 11.6. The fraction of sp³-hybridized carbons (Fsp3) is 0.643. The van der Waals surface area contributed by atoms with Crippen LogP contribution in [0.15, 0.2) is 18.5 Å². The summed E-state index contributed by atoms with van der Waals surface area (Å²) in [7, 11) is 3.78. The van der Waals surface area contributed by atoms with E-state index < -0.39 is 0 Å².